The van der Waals surface area contributed by atoms with E-state index in [0.717, 1.165) is 55.1 Å². The Balaban J connectivity index is 1.28. The highest BCUT2D eigenvalue weighted by Crippen LogP contribution is 2.34. The molecule has 4 heterocycles. The number of nitrogens with one attached hydrogen (secondary N) is 1. The van der Waals surface area contributed by atoms with Gasteiger partial charge in [-0.1, -0.05) is 48.5 Å². The molecule has 1 atom stereocenters. The van der Waals surface area contributed by atoms with E-state index < -0.39 is 0 Å². The lowest BCUT2D eigenvalue weighted by molar-refractivity contribution is 0.102. The molecule has 6 rings (SSSR count). The predicted molar refractivity (Wildman–Crippen MR) is 149 cm³/mol. The molecular weight excluding hydrogens is 474 g/mol. The van der Waals surface area contributed by atoms with Gasteiger partial charge < -0.3 is 11.1 Å². The van der Waals surface area contributed by atoms with Crippen molar-refractivity contribution in [2.24, 2.45) is 0 Å². The fourth-order valence-electron chi connectivity index (χ4n) is 5.23. The molecule has 8 nitrogen and oxygen atoms in total. The smallest absolute Gasteiger partial charge is 0.256 e. The number of anilines is 2. The van der Waals surface area contributed by atoms with Crippen LogP contribution in [-0.2, 0) is 6.54 Å². The maximum atomic E-state index is 12.7. The number of carbonyl (C=O) groups excluding carboxylic acids is 1. The molecule has 2 aromatic carbocycles. The van der Waals surface area contributed by atoms with Gasteiger partial charge in [0.25, 0.3) is 5.91 Å². The number of rotatable bonds is 6. The number of pyridine rings is 1. The molecular formula is C30H29N7O. The first kappa shape index (κ1) is 23.8. The van der Waals surface area contributed by atoms with Crippen LogP contribution in [0, 0.1) is 0 Å². The van der Waals surface area contributed by atoms with Crippen molar-refractivity contribution in [3.8, 4) is 11.3 Å². The van der Waals surface area contributed by atoms with Crippen molar-refractivity contribution in [3.63, 3.8) is 0 Å². The fraction of sp³-hybridized carbons (Fsp3) is 0.200. The summed E-state index contributed by atoms with van der Waals surface area (Å²) in [6, 6.07) is 23.4. The van der Waals surface area contributed by atoms with Gasteiger partial charge >= 0.3 is 0 Å². The normalized spacial score (nSPS) is 15.9. The van der Waals surface area contributed by atoms with E-state index in [1.54, 1.807) is 30.6 Å². The number of nitrogens with zero attached hydrogens (tertiary/aromatic N) is 5. The third-order valence-corrected chi connectivity index (χ3v) is 7.06. The van der Waals surface area contributed by atoms with Crippen LogP contribution in [0.25, 0.3) is 16.8 Å². The molecule has 3 N–H and O–H groups in total. The third-order valence-electron chi connectivity index (χ3n) is 7.06. The lowest BCUT2D eigenvalue weighted by Crippen LogP contribution is -2.34. The van der Waals surface area contributed by atoms with Crippen molar-refractivity contribution in [3.05, 3.63) is 108 Å². The molecule has 1 aliphatic heterocycles. The zero-order valence-corrected chi connectivity index (χ0v) is 21.0. The van der Waals surface area contributed by atoms with E-state index >= 15 is 0 Å². The van der Waals surface area contributed by atoms with Crippen molar-refractivity contribution >= 4 is 23.1 Å². The summed E-state index contributed by atoms with van der Waals surface area (Å²) in [6.45, 7) is 2.94. The number of benzene rings is 2. The Kier molecular flexibility index (Phi) is 6.54. The molecule has 0 bridgehead atoms. The molecule has 8 heteroatoms. The number of nitrogen functional groups attached to an aromatic ring is 1. The van der Waals surface area contributed by atoms with E-state index in [0.29, 0.717) is 17.2 Å². The molecule has 1 fully saturated rings. The van der Waals surface area contributed by atoms with E-state index in [2.05, 4.69) is 54.9 Å². The SMILES string of the molecule is Nc1nccn2c(C3CCCN(Cc4ccccc4)C3)nc(-c3ccc(C(=O)Nc4ccccn4)cc3)c12. The maximum Gasteiger partial charge on any atom is 0.256 e. The number of piperidine rings is 1. The molecule has 1 unspecified atom stereocenters. The largest absolute Gasteiger partial charge is 0.382 e. The van der Waals surface area contributed by atoms with Gasteiger partial charge in [0, 0.05) is 48.7 Å². The van der Waals surface area contributed by atoms with Gasteiger partial charge in [-0.15, -0.1) is 0 Å². The highest BCUT2D eigenvalue weighted by Gasteiger charge is 2.27. The molecule has 0 saturated carbocycles. The number of imidazole rings is 1. The molecule has 38 heavy (non-hydrogen) atoms. The second-order valence-corrected chi connectivity index (χ2v) is 9.66. The number of likely N-dealkylation sites (tertiary alicyclic amines) is 1. The van der Waals surface area contributed by atoms with Crippen molar-refractivity contribution in [1.29, 1.82) is 0 Å². The van der Waals surface area contributed by atoms with E-state index in [1.807, 2.05) is 30.5 Å². The summed E-state index contributed by atoms with van der Waals surface area (Å²) in [5.74, 6) is 2.01. The Morgan fingerprint density at radius 1 is 0.974 bits per heavy atom. The minimum Gasteiger partial charge on any atom is -0.382 e. The van der Waals surface area contributed by atoms with Crippen LogP contribution >= 0.6 is 0 Å². The zero-order valence-electron chi connectivity index (χ0n) is 21.0. The lowest BCUT2D eigenvalue weighted by Gasteiger charge is -2.32. The van der Waals surface area contributed by atoms with Gasteiger partial charge in [0.1, 0.15) is 28.7 Å². The van der Waals surface area contributed by atoms with Crippen LogP contribution in [0.2, 0.25) is 0 Å². The van der Waals surface area contributed by atoms with Gasteiger partial charge in [0.05, 0.1) is 0 Å². The van der Waals surface area contributed by atoms with Crippen molar-refractivity contribution in [2.45, 2.75) is 25.3 Å². The Labute approximate surface area is 221 Å². The van der Waals surface area contributed by atoms with Crippen LogP contribution in [0.4, 0.5) is 11.6 Å². The summed E-state index contributed by atoms with van der Waals surface area (Å²) in [4.78, 5) is 28.8. The van der Waals surface area contributed by atoms with Gasteiger partial charge in [-0.05, 0) is 49.2 Å². The number of amides is 1. The fourth-order valence-corrected chi connectivity index (χ4v) is 5.23. The molecule has 1 aliphatic rings. The van der Waals surface area contributed by atoms with Gasteiger partial charge in [0.2, 0.25) is 0 Å². The van der Waals surface area contributed by atoms with Gasteiger partial charge in [-0.2, -0.15) is 0 Å². The Bertz CT molecular complexity index is 1550. The average Bonchev–Trinajstić information content (AvgIpc) is 3.35. The molecule has 5 aromatic rings. The Morgan fingerprint density at radius 3 is 2.58 bits per heavy atom. The number of hydrogen-bond acceptors (Lipinski definition) is 6. The van der Waals surface area contributed by atoms with Crippen LogP contribution in [-0.4, -0.2) is 43.2 Å². The summed E-state index contributed by atoms with van der Waals surface area (Å²) < 4.78 is 2.09. The zero-order chi connectivity index (χ0) is 25.9. The minimum absolute atomic E-state index is 0.215. The molecule has 0 spiro atoms. The average molecular weight is 504 g/mol. The number of hydrogen-bond donors (Lipinski definition) is 2. The third kappa shape index (κ3) is 4.86. The lowest BCUT2D eigenvalue weighted by atomic mass is 9.96. The van der Waals surface area contributed by atoms with E-state index in [4.69, 9.17) is 10.7 Å². The topological polar surface area (TPSA) is 101 Å². The van der Waals surface area contributed by atoms with Crippen molar-refractivity contribution in [2.75, 3.05) is 24.1 Å². The summed E-state index contributed by atoms with van der Waals surface area (Å²) in [5.41, 5.74) is 10.7. The van der Waals surface area contributed by atoms with E-state index in [9.17, 15) is 4.79 Å². The highest BCUT2D eigenvalue weighted by atomic mass is 16.1. The quantitative estimate of drug-likeness (QED) is 0.338. The molecule has 1 saturated heterocycles. The molecule has 190 valence electrons. The van der Waals surface area contributed by atoms with Crippen LogP contribution in [0.3, 0.4) is 0 Å². The second-order valence-electron chi connectivity index (χ2n) is 9.66. The monoisotopic (exact) mass is 503 g/mol. The highest BCUT2D eigenvalue weighted by molar-refractivity contribution is 6.04. The minimum atomic E-state index is -0.215. The molecule has 0 radical (unpaired) electrons. The van der Waals surface area contributed by atoms with Crippen LogP contribution in [0.15, 0.2) is 91.4 Å². The van der Waals surface area contributed by atoms with Gasteiger partial charge in [0.15, 0.2) is 0 Å². The number of nitrogens with two attached hydrogens (primary N) is 1. The van der Waals surface area contributed by atoms with Crippen LogP contribution in [0.5, 0.6) is 0 Å². The van der Waals surface area contributed by atoms with Crippen molar-refractivity contribution in [1.82, 2.24) is 24.3 Å². The van der Waals surface area contributed by atoms with Gasteiger partial charge in [-0.3, -0.25) is 14.1 Å². The van der Waals surface area contributed by atoms with Crippen molar-refractivity contribution < 1.29 is 4.79 Å². The van der Waals surface area contributed by atoms with Gasteiger partial charge in [-0.25, -0.2) is 15.0 Å². The number of aromatic nitrogens is 4. The summed E-state index contributed by atoms with van der Waals surface area (Å²) in [7, 11) is 0. The second kappa shape index (κ2) is 10.4. The van der Waals surface area contributed by atoms with Crippen LogP contribution < -0.4 is 11.1 Å². The summed E-state index contributed by atoms with van der Waals surface area (Å²) in [6.07, 6.45) is 7.50. The maximum absolute atomic E-state index is 12.7. The summed E-state index contributed by atoms with van der Waals surface area (Å²) in [5, 5.41) is 2.82. The Morgan fingerprint density at radius 2 is 1.79 bits per heavy atom. The predicted octanol–water partition coefficient (Wildman–Crippen LogP) is 5.01. The molecule has 0 aliphatic carbocycles. The first-order valence-corrected chi connectivity index (χ1v) is 12.9. The first-order chi connectivity index (χ1) is 18.7. The molecule has 3 aromatic heterocycles. The van der Waals surface area contributed by atoms with Crippen LogP contribution in [0.1, 0.15) is 40.5 Å². The van der Waals surface area contributed by atoms with E-state index in [-0.39, 0.29) is 11.8 Å². The molecule has 1 amide bonds. The summed E-state index contributed by atoms with van der Waals surface area (Å²) >= 11 is 0. The number of carbonyl (C=O) groups is 1. The number of fused-ring (bicyclic) bond motifs is 1. The first-order valence-electron chi connectivity index (χ1n) is 12.9. The standard InChI is InChI=1S/C30H29N7O/c31-28-27-26(22-11-13-23(14-12-22)30(38)34-25-10-4-5-15-32-25)35-29(37(27)18-16-33-28)24-9-6-17-36(20-24)19-21-7-2-1-3-8-21/h1-5,7-8,10-16,18,24H,6,9,17,19-20H2,(H2,31,33)(H,32,34,38). The Hall–Kier alpha value is -4.56. The van der Waals surface area contributed by atoms with E-state index in [1.165, 1.54) is 5.56 Å².